The first-order valence-corrected chi connectivity index (χ1v) is 11.6. The summed E-state index contributed by atoms with van der Waals surface area (Å²) in [6, 6.07) is 0.528. The zero-order valence-electron chi connectivity index (χ0n) is 15.0. The maximum Gasteiger partial charge on any atom is 0.191 e. The first-order chi connectivity index (χ1) is 11.6. The van der Waals surface area contributed by atoms with Gasteiger partial charge in [0.05, 0.1) is 11.5 Å². The van der Waals surface area contributed by atoms with Crippen LogP contribution in [0.3, 0.4) is 0 Å². The molecule has 4 atom stereocenters. The zero-order valence-corrected chi connectivity index (χ0v) is 15.8. The molecule has 0 radical (unpaired) electrons. The highest BCUT2D eigenvalue weighted by molar-refractivity contribution is 7.91. The molecule has 3 fully saturated rings. The Labute approximate surface area is 147 Å². The number of fused-ring (bicyclic) bond motifs is 1. The molecule has 138 valence electrons. The van der Waals surface area contributed by atoms with Crippen LogP contribution in [0.1, 0.15) is 58.3 Å². The van der Waals surface area contributed by atoms with Gasteiger partial charge in [-0.15, -0.1) is 0 Å². The molecule has 0 amide bonds. The first-order valence-electron chi connectivity index (χ1n) is 9.81. The number of nitrogens with one attached hydrogen (secondary N) is 2. The van der Waals surface area contributed by atoms with Crippen molar-refractivity contribution in [1.82, 2.24) is 10.6 Å². The van der Waals surface area contributed by atoms with Crippen molar-refractivity contribution in [3.8, 4) is 0 Å². The SMILES string of the molecule is CCCNC(=NCC1CCS(=O)(=O)C1)NC1CCC2CCCC2C1. The van der Waals surface area contributed by atoms with Crippen LogP contribution in [-0.4, -0.2) is 45.0 Å². The lowest BCUT2D eigenvalue weighted by molar-refractivity contribution is 0.239. The van der Waals surface area contributed by atoms with Crippen LogP contribution in [0, 0.1) is 17.8 Å². The van der Waals surface area contributed by atoms with Crippen LogP contribution in [0.15, 0.2) is 4.99 Å². The van der Waals surface area contributed by atoms with Crippen molar-refractivity contribution in [2.24, 2.45) is 22.7 Å². The Balaban J connectivity index is 1.54. The van der Waals surface area contributed by atoms with E-state index in [1.807, 2.05) is 0 Å². The van der Waals surface area contributed by atoms with Crippen molar-refractivity contribution in [1.29, 1.82) is 0 Å². The molecule has 2 aliphatic carbocycles. The molecule has 0 spiro atoms. The van der Waals surface area contributed by atoms with Crippen molar-refractivity contribution in [3.63, 3.8) is 0 Å². The standard InChI is InChI=1S/C18H33N3O2S/c1-2-9-19-18(20-12-14-8-10-24(22,23)13-14)21-17-7-6-15-4-3-5-16(15)11-17/h14-17H,2-13H2,1H3,(H2,19,20,21). The number of hydrogen-bond donors (Lipinski definition) is 2. The van der Waals surface area contributed by atoms with Crippen molar-refractivity contribution in [2.45, 2.75) is 64.3 Å². The van der Waals surface area contributed by atoms with Crippen molar-refractivity contribution >= 4 is 15.8 Å². The molecule has 2 N–H and O–H groups in total. The second-order valence-corrected chi connectivity index (χ2v) is 10.2. The van der Waals surface area contributed by atoms with Crippen LogP contribution in [0.25, 0.3) is 0 Å². The molecule has 0 aromatic rings. The van der Waals surface area contributed by atoms with Crippen molar-refractivity contribution < 1.29 is 8.42 Å². The molecule has 24 heavy (non-hydrogen) atoms. The summed E-state index contributed by atoms with van der Waals surface area (Å²) in [6.45, 7) is 3.68. The highest BCUT2D eigenvalue weighted by Crippen LogP contribution is 2.42. The second-order valence-electron chi connectivity index (χ2n) is 7.99. The molecule has 1 heterocycles. The molecule has 5 nitrogen and oxygen atoms in total. The van der Waals surface area contributed by atoms with E-state index in [0.29, 0.717) is 24.1 Å². The summed E-state index contributed by atoms with van der Waals surface area (Å²) in [7, 11) is -2.81. The highest BCUT2D eigenvalue weighted by atomic mass is 32.2. The van der Waals surface area contributed by atoms with E-state index in [4.69, 9.17) is 4.99 Å². The zero-order chi connectivity index (χ0) is 17.0. The molecule has 1 aliphatic heterocycles. The van der Waals surface area contributed by atoms with Crippen LogP contribution >= 0.6 is 0 Å². The van der Waals surface area contributed by atoms with Gasteiger partial charge in [0.25, 0.3) is 0 Å². The monoisotopic (exact) mass is 355 g/mol. The lowest BCUT2D eigenvalue weighted by Crippen LogP contribution is -2.46. The third-order valence-corrected chi connectivity index (χ3v) is 7.84. The summed E-state index contributed by atoms with van der Waals surface area (Å²) < 4.78 is 23.2. The lowest BCUT2D eigenvalue weighted by atomic mass is 9.79. The normalized spacial score (nSPS) is 35.6. The molecule has 2 saturated carbocycles. The summed E-state index contributed by atoms with van der Waals surface area (Å²) in [5.74, 6) is 3.61. The topological polar surface area (TPSA) is 70.6 Å². The fourth-order valence-corrected chi connectivity index (χ4v) is 6.51. The minimum absolute atomic E-state index is 0.195. The number of nitrogens with zero attached hydrogens (tertiary/aromatic N) is 1. The van der Waals surface area contributed by atoms with Crippen LogP contribution in [0.4, 0.5) is 0 Å². The van der Waals surface area contributed by atoms with Gasteiger partial charge >= 0.3 is 0 Å². The summed E-state index contributed by atoms with van der Waals surface area (Å²) in [5.41, 5.74) is 0. The summed E-state index contributed by atoms with van der Waals surface area (Å²) in [5, 5.41) is 7.05. The molecule has 0 bridgehead atoms. The number of hydrogen-bond acceptors (Lipinski definition) is 3. The van der Waals surface area contributed by atoms with Gasteiger partial charge in [-0.05, 0) is 49.9 Å². The lowest BCUT2D eigenvalue weighted by Gasteiger charge is -2.33. The van der Waals surface area contributed by atoms with Gasteiger partial charge in [-0.2, -0.15) is 0 Å². The Morgan fingerprint density at radius 2 is 1.96 bits per heavy atom. The van der Waals surface area contributed by atoms with Crippen LogP contribution in [0.5, 0.6) is 0 Å². The maximum absolute atomic E-state index is 11.6. The van der Waals surface area contributed by atoms with Gasteiger partial charge < -0.3 is 10.6 Å². The number of sulfone groups is 1. The highest BCUT2D eigenvalue weighted by Gasteiger charge is 2.34. The van der Waals surface area contributed by atoms with Gasteiger partial charge in [0.2, 0.25) is 0 Å². The Kier molecular flexibility index (Phi) is 6.06. The second kappa shape index (κ2) is 8.07. The third kappa shape index (κ3) is 4.87. The Morgan fingerprint density at radius 3 is 2.71 bits per heavy atom. The quantitative estimate of drug-likeness (QED) is 0.586. The van der Waals surface area contributed by atoms with E-state index >= 15 is 0 Å². The molecule has 3 aliphatic rings. The number of guanidine groups is 1. The average Bonchev–Trinajstić information content (AvgIpc) is 3.15. The van der Waals surface area contributed by atoms with E-state index < -0.39 is 9.84 Å². The van der Waals surface area contributed by atoms with Gasteiger partial charge in [-0.25, -0.2) is 8.42 Å². The molecular formula is C18H33N3O2S. The summed E-state index contributed by atoms with van der Waals surface area (Å²) in [4.78, 5) is 4.72. The molecule has 1 saturated heterocycles. The van der Waals surface area contributed by atoms with Gasteiger partial charge in [-0.3, -0.25) is 4.99 Å². The summed E-state index contributed by atoms with van der Waals surface area (Å²) >= 11 is 0. The van der Waals surface area contributed by atoms with Crippen molar-refractivity contribution in [3.05, 3.63) is 0 Å². The van der Waals surface area contributed by atoms with E-state index in [1.54, 1.807) is 0 Å². The maximum atomic E-state index is 11.6. The first kappa shape index (κ1) is 18.0. The molecule has 0 aromatic carbocycles. The fraction of sp³-hybridized carbons (Fsp3) is 0.944. The minimum Gasteiger partial charge on any atom is -0.356 e. The van der Waals surface area contributed by atoms with Gasteiger partial charge in [-0.1, -0.05) is 26.2 Å². The predicted octanol–water partition coefficient (Wildman–Crippen LogP) is 2.34. The average molecular weight is 356 g/mol. The van der Waals surface area contributed by atoms with Crippen LogP contribution in [-0.2, 0) is 9.84 Å². The molecule has 4 unspecified atom stereocenters. The Morgan fingerprint density at radius 1 is 1.12 bits per heavy atom. The smallest absolute Gasteiger partial charge is 0.191 e. The minimum atomic E-state index is -2.81. The molecular weight excluding hydrogens is 322 g/mol. The van der Waals surface area contributed by atoms with Gasteiger partial charge in [0.15, 0.2) is 15.8 Å². The van der Waals surface area contributed by atoms with E-state index in [1.165, 1.54) is 38.5 Å². The molecule has 3 rings (SSSR count). The van der Waals surface area contributed by atoms with E-state index in [-0.39, 0.29) is 5.92 Å². The van der Waals surface area contributed by atoms with Crippen LogP contribution < -0.4 is 10.6 Å². The van der Waals surface area contributed by atoms with Gasteiger partial charge in [0.1, 0.15) is 0 Å². The van der Waals surface area contributed by atoms with Crippen LogP contribution in [0.2, 0.25) is 0 Å². The summed E-state index contributed by atoms with van der Waals surface area (Å²) in [6.07, 6.45) is 9.94. The third-order valence-electron chi connectivity index (χ3n) is 6.01. The largest absolute Gasteiger partial charge is 0.356 e. The van der Waals surface area contributed by atoms with E-state index in [0.717, 1.165) is 37.2 Å². The molecule has 0 aromatic heterocycles. The van der Waals surface area contributed by atoms with Gasteiger partial charge in [0, 0.05) is 19.1 Å². The fourth-order valence-electron chi connectivity index (χ4n) is 4.66. The molecule has 6 heteroatoms. The van der Waals surface area contributed by atoms with Crippen molar-refractivity contribution in [2.75, 3.05) is 24.6 Å². The predicted molar refractivity (Wildman–Crippen MR) is 99.0 cm³/mol. The van der Waals surface area contributed by atoms with E-state index in [2.05, 4.69) is 17.6 Å². The van der Waals surface area contributed by atoms with E-state index in [9.17, 15) is 8.42 Å². The Hall–Kier alpha value is -0.780. The number of rotatable bonds is 5. The number of aliphatic imine (C=N–C) groups is 1. The Bertz CT molecular complexity index is 546.